The van der Waals surface area contributed by atoms with Crippen LogP contribution < -0.4 is 11.1 Å². The number of nitrogens with one attached hydrogen (secondary N) is 1. The van der Waals surface area contributed by atoms with E-state index in [9.17, 15) is 5.11 Å². The smallest absolute Gasteiger partial charge is 0.139 e. The Bertz CT molecular complexity index is 1070. The molecule has 4 aromatic rings. The second-order valence-electron chi connectivity index (χ2n) is 6.25. The number of thiol groups is 1. The van der Waals surface area contributed by atoms with Crippen molar-refractivity contribution < 1.29 is 5.11 Å². The minimum Gasteiger partial charge on any atom is -0.506 e. The number of aromatic hydroxyl groups is 1. The summed E-state index contributed by atoms with van der Waals surface area (Å²) >= 11 is 10.0. The normalized spacial score (nSPS) is 10.2. The van der Waals surface area contributed by atoms with Crippen LogP contribution >= 0.6 is 24.2 Å². The Hall–Kier alpha value is -2.82. The maximum absolute atomic E-state index is 9.74. The summed E-state index contributed by atoms with van der Waals surface area (Å²) < 4.78 is 0. The average Bonchev–Trinajstić information content (AvgIpc) is 2.71. The van der Waals surface area contributed by atoms with E-state index in [2.05, 4.69) is 30.1 Å². The molecule has 0 fully saturated rings. The fourth-order valence-electron chi connectivity index (χ4n) is 2.69. The Labute approximate surface area is 175 Å². The molecule has 0 aromatic heterocycles. The van der Waals surface area contributed by atoms with Crippen molar-refractivity contribution >= 4 is 46.4 Å². The Morgan fingerprint density at radius 1 is 0.857 bits per heavy atom. The van der Waals surface area contributed by atoms with Crippen molar-refractivity contribution in [2.75, 3.05) is 11.1 Å². The number of rotatable bonds is 3. The predicted molar refractivity (Wildman–Crippen MR) is 122 cm³/mol. The van der Waals surface area contributed by atoms with Gasteiger partial charge in [0, 0.05) is 28.4 Å². The van der Waals surface area contributed by atoms with Gasteiger partial charge in [-0.05, 0) is 53.2 Å². The summed E-state index contributed by atoms with van der Waals surface area (Å²) in [5.74, 6) is 0.132. The highest BCUT2D eigenvalue weighted by atomic mass is 35.5. The molecule has 0 aliphatic carbocycles. The second-order valence-corrected chi connectivity index (χ2v) is 7.18. The van der Waals surface area contributed by atoms with E-state index in [4.69, 9.17) is 17.3 Å². The summed E-state index contributed by atoms with van der Waals surface area (Å²) in [6, 6.07) is 27.1. The zero-order chi connectivity index (χ0) is 19.9. The fraction of sp³-hybridized carbons (Fsp3) is 0.0435. The van der Waals surface area contributed by atoms with Gasteiger partial charge in [-0.25, -0.2) is 0 Å². The van der Waals surface area contributed by atoms with E-state index in [1.807, 2.05) is 66.7 Å². The first-order chi connectivity index (χ1) is 13.5. The molecular formula is C23H21ClN2OS. The predicted octanol–water partition coefficient (Wildman–Crippen LogP) is 6.37. The van der Waals surface area contributed by atoms with Gasteiger partial charge in [0.25, 0.3) is 0 Å². The summed E-state index contributed by atoms with van der Waals surface area (Å²) in [7, 11) is 0. The van der Waals surface area contributed by atoms with E-state index in [0.717, 1.165) is 21.8 Å². The van der Waals surface area contributed by atoms with E-state index in [1.54, 1.807) is 6.07 Å². The van der Waals surface area contributed by atoms with Gasteiger partial charge in [-0.1, -0.05) is 54.1 Å². The van der Waals surface area contributed by atoms with Crippen molar-refractivity contribution in [2.24, 2.45) is 0 Å². The Morgan fingerprint density at radius 3 is 2.32 bits per heavy atom. The van der Waals surface area contributed by atoms with Crippen LogP contribution in [0.15, 0.2) is 89.8 Å². The third kappa shape index (κ3) is 5.35. The van der Waals surface area contributed by atoms with Crippen molar-refractivity contribution in [1.29, 1.82) is 0 Å². The van der Waals surface area contributed by atoms with Crippen LogP contribution in [0.25, 0.3) is 10.8 Å². The van der Waals surface area contributed by atoms with Gasteiger partial charge in [0.05, 0.1) is 5.02 Å². The number of para-hydroxylation sites is 1. The maximum Gasteiger partial charge on any atom is 0.139 e. The third-order valence-corrected chi connectivity index (χ3v) is 4.80. The van der Waals surface area contributed by atoms with Gasteiger partial charge in [-0.15, -0.1) is 12.6 Å². The number of nitrogen functional groups attached to an aromatic ring is 1. The van der Waals surface area contributed by atoms with Crippen LogP contribution in [0.2, 0.25) is 5.02 Å². The molecule has 0 amide bonds. The number of phenolic OH excluding ortho intramolecular Hbond substituents is 1. The van der Waals surface area contributed by atoms with Crippen molar-refractivity contribution in [3.05, 3.63) is 95.5 Å². The molecule has 0 atom stereocenters. The van der Waals surface area contributed by atoms with Crippen LogP contribution in [-0.2, 0) is 6.54 Å². The summed E-state index contributed by atoms with van der Waals surface area (Å²) in [5.41, 5.74) is 8.19. The lowest BCUT2D eigenvalue weighted by molar-refractivity contribution is 0.469. The molecule has 0 radical (unpaired) electrons. The monoisotopic (exact) mass is 408 g/mol. The molecule has 28 heavy (non-hydrogen) atoms. The molecule has 4 N–H and O–H groups in total. The fourth-order valence-corrected chi connectivity index (χ4v) is 3.03. The van der Waals surface area contributed by atoms with Crippen LogP contribution in [0.5, 0.6) is 5.75 Å². The molecule has 0 heterocycles. The summed E-state index contributed by atoms with van der Waals surface area (Å²) in [6.07, 6.45) is 0. The maximum atomic E-state index is 9.74. The number of hydrogen-bond acceptors (Lipinski definition) is 4. The van der Waals surface area contributed by atoms with Gasteiger partial charge in [0.1, 0.15) is 5.75 Å². The van der Waals surface area contributed by atoms with Gasteiger partial charge < -0.3 is 16.2 Å². The number of halogens is 1. The number of anilines is 2. The number of benzene rings is 4. The van der Waals surface area contributed by atoms with Crippen LogP contribution in [0.1, 0.15) is 5.56 Å². The van der Waals surface area contributed by atoms with Gasteiger partial charge >= 0.3 is 0 Å². The van der Waals surface area contributed by atoms with Crippen LogP contribution in [0.4, 0.5) is 11.4 Å². The van der Waals surface area contributed by atoms with Gasteiger partial charge in [0.2, 0.25) is 0 Å². The van der Waals surface area contributed by atoms with Gasteiger partial charge in [-0.2, -0.15) is 0 Å². The van der Waals surface area contributed by atoms with E-state index in [0.29, 0.717) is 11.6 Å². The standard InChI is InChI=1S/C13H12ClNOS.C10H9N/c14-12-3-1-2-9(13(12)16)8-15-10-4-6-11(17)7-5-10;11-10-6-5-8-3-1-2-4-9(8)7-10/h1-7,15-17H,8H2;1-7H,11H2. The summed E-state index contributed by atoms with van der Waals surface area (Å²) in [6.45, 7) is 0.526. The quantitative estimate of drug-likeness (QED) is 0.235. The first-order valence-electron chi connectivity index (χ1n) is 8.76. The lowest BCUT2D eigenvalue weighted by Crippen LogP contribution is -1.99. The summed E-state index contributed by atoms with van der Waals surface area (Å²) in [5, 5.41) is 15.7. The number of nitrogens with two attached hydrogens (primary N) is 1. The van der Waals surface area contributed by atoms with Gasteiger partial charge in [0.15, 0.2) is 0 Å². The lowest BCUT2D eigenvalue weighted by Gasteiger charge is -2.09. The highest BCUT2D eigenvalue weighted by Crippen LogP contribution is 2.27. The molecule has 0 unspecified atom stereocenters. The van der Waals surface area contributed by atoms with E-state index in [-0.39, 0.29) is 5.75 Å². The SMILES string of the molecule is Nc1ccc2ccccc2c1.Oc1c(Cl)cccc1CNc1ccc(S)cc1. The molecule has 0 bridgehead atoms. The molecule has 0 aliphatic rings. The molecule has 3 nitrogen and oxygen atoms in total. The Kier molecular flexibility index (Phi) is 6.69. The summed E-state index contributed by atoms with van der Waals surface area (Å²) in [4.78, 5) is 0.918. The first-order valence-corrected chi connectivity index (χ1v) is 9.59. The van der Waals surface area contributed by atoms with Crippen LogP contribution in [-0.4, -0.2) is 5.11 Å². The van der Waals surface area contributed by atoms with Crippen LogP contribution in [0, 0.1) is 0 Å². The largest absolute Gasteiger partial charge is 0.506 e. The molecule has 142 valence electrons. The highest BCUT2D eigenvalue weighted by molar-refractivity contribution is 7.80. The minimum absolute atomic E-state index is 0.132. The van der Waals surface area contributed by atoms with Gasteiger partial charge in [-0.3, -0.25) is 0 Å². The number of hydrogen-bond donors (Lipinski definition) is 4. The zero-order valence-corrected chi connectivity index (χ0v) is 16.8. The molecular weight excluding hydrogens is 388 g/mol. The molecule has 0 saturated carbocycles. The number of fused-ring (bicyclic) bond motifs is 1. The van der Waals surface area contributed by atoms with Crippen molar-refractivity contribution in [3.8, 4) is 5.75 Å². The molecule has 0 aliphatic heterocycles. The molecule has 4 rings (SSSR count). The van der Waals surface area contributed by atoms with Crippen molar-refractivity contribution in [1.82, 2.24) is 0 Å². The van der Waals surface area contributed by atoms with Crippen molar-refractivity contribution in [2.45, 2.75) is 11.4 Å². The second kappa shape index (κ2) is 9.40. The Balaban J connectivity index is 0.000000176. The number of phenols is 1. The molecule has 4 aromatic carbocycles. The third-order valence-electron chi connectivity index (χ3n) is 4.19. The molecule has 0 spiro atoms. The zero-order valence-electron chi connectivity index (χ0n) is 15.1. The average molecular weight is 409 g/mol. The highest BCUT2D eigenvalue weighted by Gasteiger charge is 2.04. The first kappa shape index (κ1) is 19.9. The van der Waals surface area contributed by atoms with E-state index < -0.39 is 0 Å². The van der Waals surface area contributed by atoms with Crippen LogP contribution in [0.3, 0.4) is 0 Å². The minimum atomic E-state index is 0.132. The van der Waals surface area contributed by atoms with Crippen molar-refractivity contribution in [3.63, 3.8) is 0 Å². The molecule has 5 heteroatoms. The van der Waals surface area contributed by atoms with E-state index >= 15 is 0 Å². The molecule has 0 saturated heterocycles. The lowest BCUT2D eigenvalue weighted by atomic mass is 10.1. The van der Waals surface area contributed by atoms with E-state index in [1.165, 1.54) is 10.8 Å². The Morgan fingerprint density at radius 2 is 1.57 bits per heavy atom. The topological polar surface area (TPSA) is 58.3 Å².